The van der Waals surface area contributed by atoms with Crippen LogP contribution in [0.2, 0.25) is 0 Å². The van der Waals surface area contributed by atoms with Crippen LogP contribution in [0.15, 0.2) is 60.7 Å². The van der Waals surface area contributed by atoms with E-state index in [1.807, 2.05) is 19.1 Å². The van der Waals surface area contributed by atoms with E-state index >= 15 is 0 Å². The second kappa shape index (κ2) is 8.29. The number of carbonyl (C=O) groups excluding carboxylic acids is 2. The van der Waals surface area contributed by atoms with Crippen molar-refractivity contribution in [1.82, 2.24) is 0 Å². The minimum atomic E-state index is -0.340. The smallest absolute Gasteiger partial charge is 0.255 e. The molecule has 0 saturated heterocycles. The van der Waals surface area contributed by atoms with E-state index in [-0.39, 0.29) is 11.7 Å². The first-order chi connectivity index (χ1) is 14.5. The lowest BCUT2D eigenvalue weighted by Crippen LogP contribution is -2.19. The first-order valence-electron chi connectivity index (χ1n) is 9.55. The molecule has 152 valence electrons. The maximum Gasteiger partial charge on any atom is 0.255 e. The van der Waals surface area contributed by atoms with Crippen LogP contribution in [0.25, 0.3) is 0 Å². The highest BCUT2D eigenvalue weighted by Crippen LogP contribution is 2.37. The highest BCUT2D eigenvalue weighted by atomic mass is 16.6. The van der Waals surface area contributed by atoms with E-state index in [4.69, 9.17) is 14.2 Å². The van der Waals surface area contributed by atoms with E-state index in [0.29, 0.717) is 52.8 Å². The summed E-state index contributed by atoms with van der Waals surface area (Å²) < 4.78 is 16.4. The molecule has 0 bridgehead atoms. The Hall–Kier alpha value is -3.80. The molecule has 0 aliphatic carbocycles. The van der Waals surface area contributed by atoms with Crippen molar-refractivity contribution in [3.8, 4) is 17.2 Å². The van der Waals surface area contributed by atoms with Crippen LogP contribution < -0.4 is 19.5 Å². The lowest BCUT2D eigenvalue weighted by molar-refractivity contribution is 0.102. The van der Waals surface area contributed by atoms with Gasteiger partial charge in [-0.15, -0.1) is 0 Å². The van der Waals surface area contributed by atoms with Crippen molar-refractivity contribution < 1.29 is 23.8 Å². The molecule has 3 aromatic carbocycles. The molecule has 1 aliphatic heterocycles. The third-order valence-corrected chi connectivity index (χ3v) is 4.84. The predicted molar refractivity (Wildman–Crippen MR) is 113 cm³/mol. The zero-order valence-corrected chi connectivity index (χ0v) is 16.7. The largest absolute Gasteiger partial charge is 0.497 e. The molecule has 0 unspecified atom stereocenters. The summed E-state index contributed by atoms with van der Waals surface area (Å²) in [5.74, 6) is 1.08. The van der Waals surface area contributed by atoms with Crippen LogP contribution in [0.4, 0.5) is 5.69 Å². The molecule has 0 radical (unpaired) electrons. The Morgan fingerprint density at radius 2 is 1.47 bits per heavy atom. The number of fused-ring (bicyclic) bond motifs is 1. The van der Waals surface area contributed by atoms with Gasteiger partial charge in [-0.05, 0) is 37.3 Å². The van der Waals surface area contributed by atoms with Crippen LogP contribution in [-0.2, 0) is 0 Å². The standard InChI is InChI=1S/C24H21NO5/c1-15-3-5-16(6-4-15)23(26)19-13-21-22(30-12-11-29-21)14-20(19)25-24(27)17-7-9-18(28-2)10-8-17/h3-10,13-14H,11-12H2,1-2H3,(H,25,27). The van der Waals surface area contributed by atoms with Gasteiger partial charge in [-0.25, -0.2) is 0 Å². The Kier molecular flexibility index (Phi) is 5.39. The quantitative estimate of drug-likeness (QED) is 0.645. The topological polar surface area (TPSA) is 73.9 Å². The Bertz CT molecular complexity index is 1090. The maximum absolute atomic E-state index is 13.2. The molecule has 0 spiro atoms. The van der Waals surface area contributed by atoms with Gasteiger partial charge in [0.25, 0.3) is 5.91 Å². The molecule has 4 rings (SSSR count). The zero-order valence-electron chi connectivity index (χ0n) is 16.7. The fourth-order valence-corrected chi connectivity index (χ4v) is 3.18. The van der Waals surface area contributed by atoms with Crippen LogP contribution >= 0.6 is 0 Å². The van der Waals surface area contributed by atoms with Crippen LogP contribution in [-0.4, -0.2) is 32.0 Å². The summed E-state index contributed by atoms with van der Waals surface area (Å²) in [6.45, 7) is 2.77. The van der Waals surface area contributed by atoms with Gasteiger partial charge in [0.2, 0.25) is 0 Å². The molecule has 3 aromatic rings. The van der Waals surface area contributed by atoms with E-state index in [1.54, 1.807) is 55.6 Å². The molecule has 6 heteroatoms. The average Bonchev–Trinajstić information content (AvgIpc) is 2.78. The van der Waals surface area contributed by atoms with Crippen LogP contribution in [0.5, 0.6) is 17.2 Å². The average molecular weight is 403 g/mol. The van der Waals surface area contributed by atoms with Gasteiger partial charge in [-0.2, -0.15) is 0 Å². The summed E-state index contributed by atoms with van der Waals surface area (Å²) in [6, 6.07) is 17.3. The van der Waals surface area contributed by atoms with E-state index in [2.05, 4.69) is 5.32 Å². The van der Waals surface area contributed by atoms with E-state index in [1.165, 1.54) is 0 Å². The monoisotopic (exact) mass is 403 g/mol. The minimum absolute atomic E-state index is 0.211. The highest BCUT2D eigenvalue weighted by Gasteiger charge is 2.22. The Labute approximate surface area is 174 Å². The van der Waals surface area contributed by atoms with Gasteiger partial charge in [0.05, 0.1) is 18.4 Å². The number of amides is 1. The fraction of sp³-hybridized carbons (Fsp3) is 0.167. The Morgan fingerprint density at radius 1 is 0.867 bits per heavy atom. The molecule has 0 aromatic heterocycles. The molecular formula is C24H21NO5. The second-order valence-electron chi connectivity index (χ2n) is 6.92. The van der Waals surface area contributed by atoms with Gasteiger partial charge in [-0.3, -0.25) is 9.59 Å². The molecule has 0 atom stereocenters. The Morgan fingerprint density at radius 3 is 2.10 bits per heavy atom. The number of ether oxygens (including phenoxy) is 3. The lowest BCUT2D eigenvalue weighted by Gasteiger charge is -2.21. The number of rotatable bonds is 5. The number of carbonyl (C=O) groups is 2. The van der Waals surface area contributed by atoms with E-state index < -0.39 is 0 Å². The summed E-state index contributed by atoms with van der Waals surface area (Å²) in [4.78, 5) is 26.0. The molecule has 30 heavy (non-hydrogen) atoms. The van der Waals surface area contributed by atoms with Gasteiger partial charge in [0, 0.05) is 17.2 Å². The molecule has 1 heterocycles. The molecule has 1 N–H and O–H groups in total. The number of benzene rings is 3. The summed E-state index contributed by atoms with van der Waals surface area (Å²) >= 11 is 0. The predicted octanol–water partition coefficient (Wildman–Crippen LogP) is 4.26. The van der Waals surface area contributed by atoms with Crippen LogP contribution in [0.3, 0.4) is 0 Å². The van der Waals surface area contributed by atoms with E-state index in [9.17, 15) is 9.59 Å². The summed E-state index contributed by atoms with van der Waals surface area (Å²) in [5, 5.41) is 2.84. The van der Waals surface area contributed by atoms with Crippen molar-refractivity contribution in [2.24, 2.45) is 0 Å². The van der Waals surface area contributed by atoms with Crippen LogP contribution in [0, 0.1) is 6.92 Å². The van der Waals surface area contributed by atoms with Crippen molar-refractivity contribution in [3.63, 3.8) is 0 Å². The molecule has 1 amide bonds. The maximum atomic E-state index is 13.2. The summed E-state index contributed by atoms with van der Waals surface area (Å²) in [5.41, 5.74) is 2.73. The summed E-state index contributed by atoms with van der Waals surface area (Å²) in [7, 11) is 1.56. The van der Waals surface area contributed by atoms with Crippen molar-refractivity contribution >= 4 is 17.4 Å². The SMILES string of the molecule is COc1ccc(C(=O)Nc2cc3c(cc2C(=O)c2ccc(C)cc2)OCCO3)cc1. The fourth-order valence-electron chi connectivity index (χ4n) is 3.18. The number of ketones is 1. The number of methoxy groups -OCH3 is 1. The summed E-state index contributed by atoms with van der Waals surface area (Å²) in [6.07, 6.45) is 0. The second-order valence-corrected chi connectivity index (χ2v) is 6.92. The molecule has 0 fully saturated rings. The van der Waals surface area contributed by atoms with Crippen molar-refractivity contribution in [2.45, 2.75) is 6.92 Å². The number of aryl methyl sites for hydroxylation is 1. The van der Waals surface area contributed by atoms with Crippen LogP contribution in [0.1, 0.15) is 31.8 Å². The number of hydrogen-bond acceptors (Lipinski definition) is 5. The lowest BCUT2D eigenvalue weighted by atomic mass is 9.99. The molecule has 0 saturated carbocycles. The molecule has 1 aliphatic rings. The number of anilines is 1. The molecule has 6 nitrogen and oxygen atoms in total. The third kappa shape index (κ3) is 3.98. The Balaban J connectivity index is 1.70. The minimum Gasteiger partial charge on any atom is -0.497 e. The first-order valence-corrected chi connectivity index (χ1v) is 9.55. The number of hydrogen-bond donors (Lipinski definition) is 1. The van der Waals surface area contributed by atoms with Gasteiger partial charge in [0.1, 0.15) is 19.0 Å². The van der Waals surface area contributed by atoms with Crippen molar-refractivity contribution in [1.29, 1.82) is 0 Å². The normalized spacial score (nSPS) is 12.2. The highest BCUT2D eigenvalue weighted by molar-refractivity contribution is 6.15. The van der Waals surface area contributed by atoms with E-state index in [0.717, 1.165) is 5.56 Å². The van der Waals surface area contributed by atoms with Gasteiger partial charge in [-0.1, -0.05) is 29.8 Å². The van der Waals surface area contributed by atoms with Gasteiger partial charge in [0.15, 0.2) is 17.3 Å². The molecular weight excluding hydrogens is 382 g/mol. The van der Waals surface area contributed by atoms with Gasteiger partial charge < -0.3 is 19.5 Å². The number of nitrogens with one attached hydrogen (secondary N) is 1. The van der Waals surface area contributed by atoms with Crippen molar-refractivity contribution in [2.75, 3.05) is 25.6 Å². The first kappa shape index (κ1) is 19.5. The zero-order chi connectivity index (χ0) is 21.1. The van der Waals surface area contributed by atoms with Crippen molar-refractivity contribution in [3.05, 3.63) is 82.9 Å². The third-order valence-electron chi connectivity index (χ3n) is 4.84. The van der Waals surface area contributed by atoms with Gasteiger partial charge >= 0.3 is 0 Å².